The number of ether oxygens (including phenoxy) is 4. The molecule has 0 aliphatic carbocycles. The summed E-state index contributed by atoms with van der Waals surface area (Å²) in [6, 6.07) is 1.86. The Balaban J connectivity index is 2.73. The molecule has 0 atom stereocenters. The number of hydrogen-bond donors (Lipinski definition) is 0. The Morgan fingerprint density at radius 3 is 2.05 bits per heavy atom. The van der Waals surface area contributed by atoms with Gasteiger partial charge in [0.15, 0.2) is 11.5 Å². The Hall–Kier alpha value is -1.58. The first-order valence-corrected chi connectivity index (χ1v) is 7.61. The van der Waals surface area contributed by atoms with Crippen molar-refractivity contribution in [3.63, 3.8) is 0 Å². The second-order valence-corrected chi connectivity index (χ2v) is 5.03. The van der Waals surface area contributed by atoms with Gasteiger partial charge in [-0.25, -0.2) is 0 Å². The molecule has 21 heavy (non-hydrogen) atoms. The van der Waals surface area contributed by atoms with Crippen molar-refractivity contribution in [2.75, 3.05) is 27.9 Å². The fourth-order valence-corrected chi connectivity index (χ4v) is 2.32. The Bertz CT molecular complexity index is 429. The van der Waals surface area contributed by atoms with E-state index in [0.29, 0.717) is 23.9 Å². The Labute approximate surface area is 128 Å². The quantitative estimate of drug-likeness (QED) is 0.601. The van der Waals surface area contributed by atoms with Gasteiger partial charge in [-0.2, -0.15) is 0 Å². The summed E-state index contributed by atoms with van der Waals surface area (Å²) in [4.78, 5) is 0. The third kappa shape index (κ3) is 4.73. The standard InChI is InChI=1S/C17H28O4/c1-6-7-8-9-10-11-21-14-12-15(18-3)17(20-5)16(19-4)13(14)2/h12H,6-11H2,1-5H3. The molecule has 0 amide bonds. The van der Waals surface area contributed by atoms with Gasteiger partial charge in [0.2, 0.25) is 5.75 Å². The van der Waals surface area contributed by atoms with Gasteiger partial charge in [0.1, 0.15) is 5.75 Å². The molecule has 1 aromatic carbocycles. The molecule has 0 unspecified atom stereocenters. The normalized spacial score (nSPS) is 10.3. The summed E-state index contributed by atoms with van der Waals surface area (Å²) in [5, 5.41) is 0. The minimum atomic E-state index is 0.604. The predicted octanol–water partition coefficient (Wildman–Crippen LogP) is 4.37. The molecule has 1 aromatic rings. The van der Waals surface area contributed by atoms with Crippen LogP contribution < -0.4 is 18.9 Å². The molecule has 4 heteroatoms. The predicted molar refractivity (Wildman–Crippen MR) is 85.1 cm³/mol. The van der Waals surface area contributed by atoms with E-state index in [1.807, 2.05) is 13.0 Å². The Morgan fingerprint density at radius 2 is 1.48 bits per heavy atom. The van der Waals surface area contributed by atoms with Crippen LogP contribution >= 0.6 is 0 Å². The average molecular weight is 296 g/mol. The van der Waals surface area contributed by atoms with Gasteiger partial charge in [-0.15, -0.1) is 0 Å². The topological polar surface area (TPSA) is 36.9 Å². The maximum atomic E-state index is 5.89. The van der Waals surface area contributed by atoms with Crippen LogP contribution in [0.5, 0.6) is 23.0 Å². The van der Waals surface area contributed by atoms with Gasteiger partial charge in [0.25, 0.3) is 0 Å². The van der Waals surface area contributed by atoms with Gasteiger partial charge < -0.3 is 18.9 Å². The molecule has 0 spiro atoms. The van der Waals surface area contributed by atoms with Gasteiger partial charge in [-0.05, 0) is 13.3 Å². The SMILES string of the molecule is CCCCCCCOc1cc(OC)c(OC)c(OC)c1C. The molecule has 0 heterocycles. The van der Waals surface area contributed by atoms with Crippen molar-refractivity contribution in [3.05, 3.63) is 11.6 Å². The summed E-state index contributed by atoms with van der Waals surface area (Å²) in [6.07, 6.45) is 6.09. The molecule has 4 nitrogen and oxygen atoms in total. The van der Waals surface area contributed by atoms with E-state index in [-0.39, 0.29) is 0 Å². The number of methoxy groups -OCH3 is 3. The first-order chi connectivity index (χ1) is 10.2. The first-order valence-electron chi connectivity index (χ1n) is 7.61. The largest absolute Gasteiger partial charge is 0.493 e. The number of benzene rings is 1. The van der Waals surface area contributed by atoms with Crippen LogP contribution in [0.3, 0.4) is 0 Å². The van der Waals surface area contributed by atoms with Gasteiger partial charge in [0.05, 0.1) is 27.9 Å². The molecular formula is C17H28O4. The smallest absolute Gasteiger partial charge is 0.203 e. The summed E-state index contributed by atoms with van der Waals surface area (Å²) < 4.78 is 22.0. The van der Waals surface area contributed by atoms with Gasteiger partial charge >= 0.3 is 0 Å². The van der Waals surface area contributed by atoms with Gasteiger partial charge in [0, 0.05) is 11.6 Å². The van der Waals surface area contributed by atoms with Crippen molar-refractivity contribution in [1.82, 2.24) is 0 Å². The highest BCUT2D eigenvalue weighted by atomic mass is 16.5. The minimum Gasteiger partial charge on any atom is -0.493 e. The average Bonchev–Trinajstić information content (AvgIpc) is 2.51. The van der Waals surface area contributed by atoms with E-state index < -0.39 is 0 Å². The van der Waals surface area contributed by atoms with Crippen LogP contribution in [-0.2, 0) is 0 Å². The number of unbranched alkanes of at least 4 members (excludes halogenated alkanes) is 4. The molecule has 0 fully saturated rings. The van der Waals surface area contributed by atoms with Crippen LogP contribution in [0.25, 0.3) is 0 Å². The molecule has 1 rings (SSSR count). The lowest BCUT2D eigenvalue weighted by molar-refractivity contribution is 0.288. The summed E-state index contributed by atoms with van der Waals surface area (Å²) in [5.41, 5.74) is 0.934. The number of hydrogen-bond acceptors (Lipinski definition) is 4. The monoisotopic (exact) mass is 296 g/mol. The van der Waals surface area contributed by atoms with Gasteiger partial charge in [-0.1, -0.05) is 32.6 Å². The molecule has 0 bridgehead atoms. The molecule has 0 aromatic heterocycles. The van der Waals surface area contributed by atoms with Crippen molar-refractivity contribution in [2.45, 2.75) is 46.0 Å². The van der Waals surface area contributed by atoms with Crippen LogP contribution in [0.4, 0.5) is 0 Å². The van der Waals surface area contributed by atoms with E-state index >= 15 is 0 Å². The second kappa shape index (κ2) is 9.37. The lowest BCUT2D eigenvalue weighted by Crippen LogP contribution is -2.03. The molecule has 0 saturated heterocycles. The highest BCUT2D eigenvalue weighted by Gasteiger charge is 2.18. The highest BCUT2D eigenvalue weighted by molar-refractivity contribution is 5.61. The van der Waals surface area contributed by atoms with E-state index in [1.165, 1.54) is 25.7 Å². The van der Waals surface area contributed by atoms with Crippen LogP contribution in [-0.4, -0.2) is 27.9 Å². The van der Waals surface area contributed by atoms with E-state index in [9.17, 15) is 0 Å². The Morgan fingerprint density at radius 1 is 0.810 bits per heavy atom. The van der Waals surface area contributed by atoms with Crippen LogP contribution in [0, 0.1) is 6.92 Å². The molecule has 0 aliphatic rings. The fourth-order valence-electron chi connectivity index (χ4n) is 2.32. The second-order valence-electron chi connectivity index (χ2n) is 5.03. The summed E-state index contributed by atoms with van der Waals surface area (Å²) in [5.74, 6) is 2.69. The molecule has 120 valence electrons. The van der Waals surface area contributed by atoms with Crippen LogP contribution in [0.15, 0.2) is 6.07 Å². The lowest BCUT2D eigenvalue weighted by atomic mass is 10.1. The van der Waals surface area contributed by atoms with E-state index in [0.717, 1.165) is 17.7 Å². The van der Waals surface area contributed by atoms with Crippen LogP contribution in [0.1, 0.15) is 44.6 Å². The zero-order valence-electron chi connectivity index (χ0n) is 14.0. The lowest BCUT2D eigenvalue weighted by Gasteiger charge is -2.18. The van der Waals surface area contributed by atoms with Crippen molar-refractivity contribution in [2.24, 2.45) is 0 Å². The van der Waals surface area contributed by atoms with E-state index in [1.54, 1.807) is 21.3 Å². The molecule has 0 saturated carbocycles. The fraction of sp³-hybridized carbons (Fsp3) is 0.647. The zero-order chi connectivity index (χ0) is 15.7. The molecular weight excluding hydrogens is 268 g/mol. The Kier molecular flexibility index (Phi) is 7.80. The minimum absolute atomic E-state index is 0.604. The maximum absolute atomic E-state index is 5.89. The molecule has 0 N–H and O–H groups in total. The third-order valence-corrected chi connectivity index (χ3v) is 3.54. The summed E-state index contributed by atoms with van der Waals surface area (Å²) in [7, 11) is 4.84. The zero-order valence-corrected chi connectivity index (χ0v) is 14.0. The summed E-state index contributed by atoms with van der Waals surface area (Å²) >= 11 is 0. The van der Waals surface area contributed by atoms with Crippen molar-refractivity contribution in [1.29, 1.82) is 0 Å². The summed E-state index contributed by atoms with van der Waals surface area (Å²) in [6.45, 7) is 4.90. The first kappa shape index (κ1) is 17.5. The van der Waals surface area contributed by atoms with Crippen molar-refractivity contribution in [3.8, 4) is 23.0 Å². The molecule has 0 aliphatic heterocycles. The van der Waals surface area contributed by atoms with Crippen molar-refractivity contribution >= 4 is 0 Å². The maximum Gasteiger partial charge on any atom is 0.203 e. The highest BCUT2D eigenvalue weighted by Crippen LogP contribution is 2.44. The number of rotatable bonds is 10. The van der Waals surface area contributed by atoms with E-state index in [2.05, 4.69) is 6.92 Å². The van der Waals surface area contributed by atoms with Crippen LogP contribution in [0.2, 0.25) is 0 Å². The van der Waals surface area contributed by atoms with E-state index in [4.69, 9.17) is 18.9 Å². The third-order valence-electron chi connectivity index (χ3n) is 3.54. The van der Waals surface area contributed by atoms with Crippen molar-refractivity contribution < 1.29 is 18.9 Å². The molecule has 0 radical (unpaired) electrons. The van der Waals surface area contributed by atoms with Gasteiger partial charge in [-0.3, -0.25) is 0 Å².